The third-order valence-electron chi connectivity index (χ3n) is 3.77. The minimum absolute atomic E-state index is 0.0898. The van der Waals surface area contributed by atoms with Crippen LogP contribution in [0.1, 0.15) is 38.3 Å². The summed E-state index contributed by atoms with van der Waals surface area (Å²) in [6.45, 7) is 0. The number of aryl methyl sites for hydroxylation is 2. The SMILES string of the molecule is O=C(Nc1ccccc1C(=O)O)c1ccc2c(c1)CCC2. The van der Waals surface area contributed by atoms with Gasteiger partial charge in [-0.1, -0.05) is 18.2 Å². The molecule has 1 amide bonds. The van der Waals surface area contributed by atoms with Gasteiger partial charge in [-0.3, -0.25) is 4.79 Å². The van der Waals surface area contributed by atoms with Crippen LogP contribution >= 0.6 is 0 Å². The highest BCUT2D eigenvalue weighted by atomic mass is 16.4. The van der Waals surface area contributed by atoms with E-state index < -0.39 is 5.97 Å². The van der Waals surface area contributed by atoms with Crippen molar-refractivity contribution in [1.82, 2.24) is 0 Å². The highest BCUT2D eigenvalue weighted by Gasteiger charge is 2.16. The highest BCUT2D eigenvalue weighted by Crippen LogP contribution is 2.23. The number of hydrogen-bond donors (Lipinski definition) is 2. The summed E-state index contributed by atoms with van der Waals surface area (Å²) in [5, 5.41) is 11.8. The van der Waals surface area contributed by atoms with Crippen LogP contribution in [0.15, 0.2) is 42.5 Å². The van der Waals surface area contributed by atoms with Gasteiger partial charge in [0, 0.05) is 5.56 Å². The lowest BCUT2D eigenvalue weighted by Crippen LogP contribution is -2.15. The monoisotopic (exact) mass is 281 g/mol. The predicted octanol–water partition coefficient (Wildman–Crippen LogP) is 3.13. The van der Waals surface area contributed by atoms with Crippen LogP contribution in [0.3, 0.4) is 0 Å². The molecule has 3 rings (SSSR count). The molecule has 0 heterocycles. The Morgan fingerprint density at radius 3 is 2.57 bits per heavy atom. The summed E-state index contributed by atoms with van der Waals surface area (Å²) < 4.78 is 0. The Kier molecular flexibility index (Phi) is 3.44. The van der Waals surface area contributed by atoms with E-state index in [1.807, 2.05) is 12.1 Å². The first-order chi connectivity index (χ1) is 10.1. The Hall–Kier alpha value is -2.62. The molecule has 0 unspecified atom stereocenters. The maximum Gasteiger partial charge on any atom is 0.337 e. The van der Waals surface area contributed by atoms with Gasteiger partial charge in [0.25, 0.3) is 5.91 Å². The van der Waals surface area contributed by atoms with Crippen molar-refractivity contribution in [1.29, 1.82) is 0 Å². The number of carboxylic acid groups (broad SMARTS) is 1. The maximum atomic E-state index is 12.3. The number of anilines is 1. The number of hydrogen-bond acceptors (Lipinski definition) is 2. The van der Waals surface area contributed by atoms with Crippen LogP contribution in [0.5, 0.6) is 0 Å². The van der Waals surface area contributed by atoms with Crippen LogP contribution in [0.25, 0.3) is 0 Å². The second-order valence-corrected chi connectivity index (χ2v) is 5.14. The smallest absolute Gasteiger partial charge is 0.337 e. The molecule has 2 aromatic rings. The van der Waals surface area contributed by atoms with Crippen molar-refractivity contribution in [3.63, 3.8) is 0 Å². The normalized spacial score (nSPS) is 12.8. The zero-order valence-electron chi connectivity index (χ0n) is 11.4. The first-order valence-electron chi connectivity index (χ1n) is 6.90. The van der Waals surface area contributed by atoms with Gasteiger partial charge >= 0.3 is 5.97 Å². The number of benzene rings is 2. The van der Waals surface area contributed by atoms with Gasteiger partial charge in [-0.2, -0.15) is 0 Å². The summed E-state index contributed by atoms with van der Waals surface area (Å²) in [6.07, 6.45) is 3.20. The lowest BCUT2D eigenvalue weighted by molar-refractivity contribution is 0.0698. The van der Waals surface area contributed by atoms with E-state index in [1.54, 1.807) is 24.3 Å². The molecular weight excluding hydrogens is 266 g/mol. The largest absolute Gasteiger partial charge is 0.478 e. The van der Waals surface area contributed by atoms with Gasteiger partial charge in [-0.25, -0.2) is 4.79 Å². The highest BCUT2D eigenvalue weighted by molar-refractivity contribution is 6.07. The fraction of sp³-hybridized carbons (Fsp3) is 0.176. The van der Waals surface area contributed by atoms with Gasteiger partial charge in [-0.05, 0) is 54.7 Å². The van der Waals surface area contributed by atoms with Gasteiger partial charge in [0.05, 0.1) is 11.3 Å². The fourth-order valence-corrected chi connectivity index (χ4v) is 2.69. The zero-order chi connectivity index (χ0) is 14.8. The maximum absolute atomic E-state index is 12.3. The van der Waals surface area contributed by atoms with E-state index in [9.17, 15) is 9.59 Å². The van der Waals surface area contributed by atoms with Crippen molar-refractivity contribution in [3.05, 3.63) is 64.7 Å². The van der Waals surface area contributed by atoms with E-state index >= 15 is 0 Å². The number of carboxylic acids is 1. The van der Waals surface area contributed by atoms with Gasteiger partial charge in [-0.15, -0.1) is 0 Å². The second-order valence-electron chi connectivity index (χ2n) is 5.14. The Labute approximate surface area is 122 Å². The summed E-state index contributed by atoms with van der Waals surface area (Å²) in [7, 11) is 0. The average Bonchev–Trinajstić information content (AvgIpc) is 2.94. The Bertz CT molecular complexity index is 722. The molecule has 1 aliphatic rings. The van der Waals surface area contributed by atoms with Crippen molar-refractivity contribution in [2.24, 2.45) is 0 Å². The third-order valence-corrected chi connectivity index (χ3v) is 3.77. The molecule has 0 saturated heterocycles. The molecule has 0 radical (unpaired) electrons. The van der Waals surface area contributed by atoms with Gasteiger partial charge in [0.15, 0.2) is 0 Å². The number of para-hydroxylation sites is 1. The summed E-state index contributed by atoms with van der Waals surface area (Å²) >= 11 is 0. The second kappa shape index (κ2) is 5.40. The van der Waals surface area contributed by atoms with Crippen LogP contribution in [0.4, 0.5) is 5.69 Å². The average molecular weight is 281 g/mol. The van der Waals surface area contributed by atoms with E-state index in [2.05, 4.69) is 5.32 Å². The van der Waals surface area contributed by atoms with E-state index in [4.69, 9.17) is 5.11 Å². The van der Waals surface area contributed by atoms with Crippen LogP contribution in [0, 0.1) is 0 Å². The predicted molar refractivity (Wildman–Crippen MR) is 79.8 cm³/mol. The molecule has 2 N–H and O–H groups in total. The third kappa shape index (κ3) is 2.65. The molecule has 0 atom stereocenters. The molecule has 0 saturated carbocycles. The van der Waals surface area contributed by atoms with Crippen LogP contribution < -0.4 is 5.32 Å². The lowest BCUT2D eigenvalue weighted by Gasteiger charge is -2.09. The van der Waals surface area contributed by atoms with E-state index in [0.29, 0.717) is 11.3 Å². The van der Waals surface area contributed by atoms with Crippen molar-refractivity contribution in [3.8, 4) is 0 Å². The first-order valence-corrected chi connectivity index (χ1v) is 6.90. The number of fused-ring (bicyclic) bond motifs is 1. The topological polar surface area (TPSA) is 66.4 Å². The van der Waals surface area contributed by atoms with Crippen LogP contribution in [-0.2, 0) is 12.8 Å². The van der Waals surface area contributed by atoms with Gasteiger partial charge in [0.2, 0.25) is 0 Å². The van der Waals surface area contributed by atoms with Gasteiger partial charge < -0.3 is 10.4 Å². The molecule has 2 aromatic carbocycles. The first kappa shape index (κ1) is 13.4. The summed E-state index contributed by atoms with van der Waals surface area (Å²) in [5.41, 5.74) is 3.49. The molecule has 0 fully saturated rings. The number of carbonyl (C=O) groups excluding carboxylic acids is 1. The van der Waals surface area contributed by atoms with E-state index in [1.165, 1.54) is 17.2 Å². The minimum atomic E-state index is -1.06. The fourth-order valence-electron chi connectivity index (χ4n) is 2.69. The van der Waals surface area contributed by atoms with Crippen LogP contribution in [0.2, 0.25) is 0 Å². The molecule has 0 spiro atoms. The quantitative estimate of drug-likeness (QED) is 0.908. The molecule has 0 bridgehead atoms. The van der Waals surface area contributed by atoms with Crippen molar-refractivity contribution >= 4 is 17.6 Å². The van der Waals surface area contributed by atoms with Gasteiger partial charge in [0.1, 0.15) is 0 Å². The number of amides is 1. The molecule has 4 heteroatoms. The molecule has 4 nitrogen and oxygen atoms in total. The molecule has 21 heavy (non-hydrogen) atoms. The Balaban J connectivity index is 1.85. The number of aromatic carboxylic acids is 1. The molecule has 1 aliphatic carbocycles. The molecular formula is C17H15NO3. The Morgan fingerprint density at radius 1 is 1.00 bits per heavy atom. The van der Waals surface area contributed by atoms with Crippen LogP contribution in [-0.4, -0.2) is 17.0 Å². The zero-order valence-corrected chi connectivity index (χ0v) is 11.4. The summed E-state index contributed by atoms with van der Waals surface area (Å²) in [6, 6.07) is 12.1. The summed E-state index contributed by atoms with van der Waals surface area (Å²) in [5.74, 6) is -1.33. The van der Waals surface area contributed by atoms with Crippen molar-refractivity contribution < 1.29 is 14.7 Å². The lowest BCUT2D eigenvalue weighted by atomic mass is 10.1. The van der Waals surface area contributed by atoms with Crippen molar-refractivity contribution in [2.45, 2.75) is 19.3 Å². The summed E-state index contributed by atoms with van der Waals surface area (Å²) in [4.78, 5) is 23.4. The Morgan fingerprint density at radius 2 is 1.76 bits per heavy atom. The van der Waals surface area contributed by atoms with E-state index in [-0.39, 0.29) is 11.5 Å². The standard InChI is InChI=1S/C17H15NO3/c19-16(13-9-8-11-4-3-5-12(11)10-13)18-15-7-2-1-6-14(15)17(20)21/h1-2,6-10H,3-5H2,(H,18,19)(H,20,21). The molecule has 106 valence electrons. The number of carbonyl (C=O) groups is 2. The molecule has 0 aliphatic heterocycles. The minimum Gasteiger partial charge on any atom is -0.478 e. The number of nitrogens with one attached hydrogen (secondary N) is 1. The van der Waals surface area contributed by atoms with E-state index in [0.717, 1.165) is 19.3 Å². The number of rotatable bonds is 3. The van der Waals surface area contributed by atoms with Crippen molar-refractivity contribution in [2.75, 3.05) is 5.32 Å². The molecule has 0 aromatic heterocycles.